The summed E-state index contributed by atoms with van der Waals surface area (Å²) in [5.74, 6) is 0.0143. The van der Waals surface area contributed by atoms with Gasteiger partial charge in [-0.05, 0) is 61.1 Å². The normalized spacial score (nSPS) is 24.5. The van der Waals surface area contributed by atoms with E-state index in [4.69, 9.17) is 0 Å². The molecule has 0 atom stereocenters. The predicted molar refractivity (Wildman–Crippen MR) is 155 cm³/mol. The Labute approximate surface area is 229 Å². The lowest BCUT2D eigenvalue weighted by atomic mass is 9.89. The van der Waals surface area contributed by atoms with Crippen LogP contribution in [0.5, 0.6) is 0 Å². The highest BCUT2D eigenvalue weighted by Crippen LogP contribution is 2.27. The molecule has 2 aliphatic rings. The Hall–Kier alpha value is -2.70. The standard InChI is InChI=1S/C32H46N4O2/c1-35(2,3)29-19-15-27(16-20-29)33-31(37)25-11-7-23(8-12-25)24-9-13-26(14-10-24)32(38)34-28-17-21-30(22-18-28)36(4,5)6/h7-14,27-30H,15-22H2,1-6H3/p+2. The Morgan fingerprint density at radius 2 is 0.816 bits per heavy atom. The van der Waals surface area contributed by atoms with Gasteiger partial charge in [-0.1, -0.05) is 24.3 Å². The number of amides is 2. The lowest BCUT2D eigenvalue weighted by Gasteiger charge is -2.39. The van der Waals surface area contributed by atoms with Crippen LogP contribution in [0.25, 0.3) is 11.1 Å². The van der Waals surface area contributed by atoms with Gasteiger partial charge in [0, 0.05) is 48.9 Å². The van der Waals surface area contributed by atoms with Crippen molar-refractivity contribution in [2.75, 3.05) is 42.3 Å². The van der Waals surface area contributed by atoms with Gasteiger partial charge in [0.05, 0.1) is 54.4 Å². The van der Waals surface area contributed by atoms with Crippen LogP contribution in [0.2, 0.25) is 0 Å². The van der Waals surface area contributed by atoms with Crippen molar-refractivity contribution in [1.82, 2.24) is 10.6 Å². The van der Waals surface area contributed by atoms with E-state index in [9.17, 15) is 9.59 Å². The van der Waals surface area contributed by atoms with E-state index in [1.165, 1.54) is 0 Å². The smallest absolute Gasteiger partial charge is 0.251 e. The highest BCUT2D eigenvalue weighted by Gasteiger charge is 2.31. The van der Waals surface area contributed by atoms with Gasteiger partial charge in [0.2, 0.25) is 0 Å². The number of carbonyl (C=O) groups is 2. The number of hydrogen-bond acceptors (Lipinski definition) is 2. The van der Waals surface area contributed by atoms with Crippen molar-refractivity contribution in [2.24, 2.45) is 0 Å². The van der Waals surface area contributed by atoms with Crippen LogP contribution >= 0.6 is 0 Å². The molecule has 0 radical (unpaired) electrons. The van der Waals surface area contributed by atoms with Crippen molar-refractivity contribution >= 4 is 11.8 Å². The van der Waals surface area contributed by atoms with Gasteiger partial charge in [0.1, 0.15) is 0 Å². The zero-order valence-corrected chi connectivity index (χ0v) is 24.3. The zero-order valence-electron chi connectivity index (χ0n) is 24.3. The van der Waals surface area contributed by atoms with Crippen molar-refractivity contribution in [1.29, 1.82) is 0 Å². The highest BCUT2D eigenvalue weighted by molar-refractivity contribution is 5.96. The van der Waals surface area contributed by atoms with Gasteiger partial charge in [-0.25, -0.2) is 0 Å². The van der Waals surface area contributed by atoms with E-state index >= 15 is 0 Å². The predicted octanol–water partition coefficient (Wildman–Crippen LogP) is 4.85. The van der Waals surface area contributed by atoms with Gasteiger partial charge in [0.15, 0.2) is 0 Å². The Kier molecular flexibility index (Phi) is 8.63. The number of benzene rings is 2. The van der Waals surface area contributed by atoms with E-state index in [1.54, 1.807) is 0 Å². The van der Waals surface area contributed by atoms with Crippen LogP contribution in [0, 0.1) is 0 Å². The fraction of sp³-hybridized carbons (Fsp3) is 0.562. The molecule has 2 saturated carbocycles. The molecule has 2 aliphatic carbocycles. The Balaban J connectivity index is 1.27. The second-order valence-electron chi connectivity index (χ2n) is 13.3. The van der Waals surface area contributed by atoms with Crippen molar-refractivity contribution in [3.63, 3.8) is 0 Å². The first-order valence-corrected chi connectivity index (χ1v) is 14.3. The Bertz CT molecular complexity index is 991. The van der Waals surface area contributed by atoms with Crippen LogP contribution < -0.4 is 10.6 Å². The highest BCUT2D eigenvalue weighted by atomic mass is 16.2. The number of carbonyl (C=O) groups excluding carboxylic acids is 2. The summed E-state index contributed by atoms with van der Waals surface area (Å²) in [5, 5.41) is 6.48. The van der Waals surface area contributed by atoms with Crippen LogP contribution in [0.4, 0.5) is 0 Å². The number of nitrogens with zero attached hydrogens (tertiary/aromatic N) is 2. The molecule has 4 rings (SSSR count). The Morgan fingerprint density at radius 1 is 0.526 bits per heavy atom. The summed E-state index contributed by atoms with van der Waals surface area (Å²) in [6.45, 7) is 0. The SMILES string of the molecule is C[N+](C)(C)C1CCC(NC(=O)c2ccc(-c3ccc(C(=O)NC4CCC([N+](C)(C)C)CC4)cc3)cc2)CC1. The summed E-state index contributed by atoms with van der Waals surface area (Å²) in [6, 6.07) is 17.4. The summed E-state index contributed by atoms with van der Waals surface area (Å²) in [5.41, 5.74) is 3.46. The minimum Gasteiger partial charge on any atom is -0.349 e. The number of hydrogen-bond donors (Lipinski definition) is 2. The third-order valence-electron chi connectivity index (χ3n) is 8.88. The molecule has 0 heterocycles. The molecule has 2 N–H and O–H groups in total. The molecule has 206 valence electrons. The summed E-state index contributed by atoms with van der Waals surface area (Å²) in [7, 11) is 13.5. The maximum atomic E-state index is 12.8. The lowest BCUT2D eigenvalue weighted by molar-refractivity contribution is -0.897. The molecule has 0 aromatic heterocycles. The van der Waals surface area contributed by atoms with E-state index in [-0.39, 0.29) is 23.9 Å². The van der Waals surface area contributed by atoms with E-state index in [2.05, 4.69) is 52.9 Å². The molecule has 0 aliphatic heterocycles. The number of quaternary nitrogens is 2. The van der Waals surface area contributed by atoms with Crippen LogP contribution in [0.1, 0.15) is 72.1 Å². The third-order valence-corrected chi connectivity index (χ3v) is 8.88. The molecule has 0 spiro atoms. The Morgan fingerprint density at radius 3 is 1.08 bits per heavy atom. The lowest BCUT2D eigenvalue weighted by Crippen LogP contribution is -2.49. The molecule has 0 unspecified atom stereocenters. The topological polar surface area (TPSA) is 58.2 Å². The minimum atomic E-state index is 0.00717. The van der Waals surface area contributed by atoms with E-state index in [0.717, 1.165) is 71.5 Å². The van der Waals surface area contributed by atoms with Gasteiger partial charge >= 0.3 is 0 Å². The van der Waals surface area contributed by atoms with Crippen molar-refractivity contribution in [3.05, 3.63) is 59.7 Å². The third kappa shape index (κ3) is 7.23. The molecule has 2 aromatic carbocycles. The fourth-order valence-corrected chi connectivity index (χ4v) is 6.16. The second kappa shape index (κ2) is 11.6. The van der Waals surface area contributed by atoms with E-state index in [1.807, 2.05) is 48.5 Å². The minimum absolute atomic E-state index is 0.00717. The summed E-state index contributed by atoms with van der Waals surface area (Å²) >= 11 is 0. The zero-order chi connectivity index (χ0) is 27.5. The largest absolute Gasteiger partial charge is 0.349 e. The first-order chi connectivity index (χ1) is 17.9. The number of nitrogens with one attached hydrogen (secondary N) is 2. The molecule has 0 saturated heterocycles. The molecule has 6 heteroatoms. The molecular formula is C32H48N4O2+2. The van der Waals surface area contributed by atoms with Gasteiger partial charge < -0.3 is 19.6 Å². The van der Waals surface area contributed by atoms with Gasteiger partial charge in [-0.2, -0.15) is 0 Å². The maximum absolute atomic E-state index is 12.8. The summed E-state index contributed by atoms with van der Waals surface area (Å²) in [4.78, 5) is 25.7. The fourth-order valence-electron chi connectivity index (χ4n) is 6.16. The first-order valence-electron chi connectivity index (χ1n) is 14.3. The van der Waals surface area contributed by atoms with Gasteiger partial charge in [-0.15, -0.1) is 0 Å². The van der Waals surface area contributed by atoms with Crippen molar-refractivity contribution < 1.29 is 18.6 Å². The van der Waals surface area contributed by atoms with E-state index < -0.39 is 0 Å². The van der Waals surface area contributed by atoms with Crippen LogP contribution in [0.3, 0.4) is 0 Å². The molecule has 2 aromatic rings. The summed E-state index contributed by atoms with van der Waals surface area (Å²) < 4.78 is 1.98. The number of rotatable bonds is 7. The molecule has 6 nitrogen and oxygen atoms in total. The maximum Gasteiger partial charge on any atom is 0.251 e. The molecular weight excluding hydrogens is 472 g/mol. The first kappa shape index (κ1) is 28.3. The van der Waals surface area contributed by atoms with Crippen LogP contribution in [-0.4, -0.2) is 87.2 Å². The monoisotopic (exact) mass is 520 g/mol. The average Bonchev–Trinajstić information content (AvgIpc) is 2.88. The van der Waals surface area contributed by atoms with Gasteiger partial charge in [0.25, 0.3) is 11.8 Å². The van der Waals surface area contributed by atoms with Crippen LogP contribution in [0.15, 0.2) is 48.5 Å². The van der Waals surface area contributed by atoms with Crippen molar-refractivity contribution in [3.8, 4) is 11.1 Å². The summed E-state index contributed by atoms with van der Waals surface area (Å²) in [6.07, 6.45) is 8.78. The van der Waals surface area contributed by atoms with E-state index in [0.29, 0.717) is 23.2 Å². The van der Waals surface area contributed by atoms with Crippen molar-refractivity contribution in [2.45, 2.75) is 75.5 Å². The quantitative estimate of drug-likeness (QED) is 0.513. The molecule has 2 fully saturated rings. The molecule has 0 bridgehead atoms. The second-order valence-corrected chi connectivity index (χ2v) is 13.3. The molecule has 2 amide bonds. The van der Waals surface area contributed by atoms with Crippen LogP contribution in [-0.2, 0) is 0 Å². The average molecular weight is 521 g/mol. The van der Waals surface area contributed by atoms with Gasteiger partial charge in [-0.3, -0.25) is 9.59 Å². The molecule has 38 heavy (non-hydrogen) atoms.